The van der Waals surface area contributed by atoms with Gasteiger partial charge >= 0.3 is 0 Å². The molecule has 0 radical (unpaired) electrons. The van der Waals surface area contributed by atoms with E-state index in [0.29, 0.717) is 18.2 Å². The molecule has 1 saturated heterocycles. The molecule has 0 spiro atoms. The number of anilines is 1. The first-order valence-corrected chi connectivity index (χ1v) is 9.83. The molecule has 1 N–H and O–H groups in total. The van der Waals surface area contributed by atoms with E-state index in [9.17, 15) is 9.59 Å². The minimum absolute atomic E-state index is 0.0173. The largest absolute Gasteiger partial charge is 0.337 e. The Morgan fingerprint density at radius 2 is 2.29 bits per heavy atom. The number of nitrogens with zero attached hydrogens (tertiary/aromatic N) is 3. The van der Waals surface area contributed by atoms with Gasteiger partial charge in [-0.2, -0.15) is 0 Å². The van der Waals surface area contributed by atoms with Crippen LogP contribution in [-0.4, -0.2) is 40.0 Å². The highest BCUT2D eigenvalue weighted by molar-refractivity contribution is 7.15. The molecule has 0 bridgehead atoms. The van der Waals surface area contributed by atoms with E-state index in [-0.39, 0.29) is 17.7 Å². The molecule has 0 aliphatic carbocycles. The Hall–Kier alpha value is -1.80. The van der Waals surface area contributed by atoms with E-state index in [1.807, 2.05) is 17.5 Å². The highest BCUT2D eigenvalue weighted by Gasteiger charge is 2.29. The summed E-state index contributed by atoms with van der Waals surface area (Å²) in [7, 11) is 0. The molecule has 3 heterocycles. The molecule has 8 heteroatoms. The van der Waals surface area contributed by atoms with Crippen molar-refractivity contribution in [2.45, 2.75) is 32.6 Å². The Bertz CT molecular complexity index is 699. The number of amides is 2. The maximum Gasteiger partial charge on any atom is 0.263 e. The molecule has 1 aliphatic heterocycles. The third-order valence-electron chi connectivity index (χ3n) is 3.97. The SMILES string of the molecule is CCCc1nnc(NC(=O)C2CCCN(C(=O)c3cccs3)C2)s1. The van der Waals surface area contributed by atoms with Gasteiger partial charge in [-0.3, -0.25) is 9.59 Å². The average molecular weight is 364 g/mol. The third-order valence-corrected chi connectivity index (χ3v) is 5.73. The molecule has 6 nitrogen and oxygen atoms in total. The summed E-state index contributed by atoms with van der Waals surface area (Å²) in [6, 6.07) is 3.70. The Labute approximate surface area is 148 Å². The second kappa shape index (κ2) is 7.85. The fourth-order valence-corrected chi connectivity index (χ4v) is 4.29. The van der Waals surface area contributed by atoms with Gasteiger partial charge in [0, 0.05) is 19.5 Å². The van der Waals surface area contributed by atoms with Crippen molar-refractivity contribution in [2.75, 3.05) is 18.4 Å². The van der Waals surface area contributed by atoms with Crippen molar-refractivity contribution in [3.8, 4) is 0 Å². The standard InChI is InChI=1S/C16H20N4O2S2/c1-2-5-13-18-19-16(24-13)17-14(21)11-6-3-8-20(10-11)15(22)12-7-4-9-23-12/h4,7,9,11H,2-3,5-6,8,10H2,1H3,(H,17,19,21). The molecule has 0 saturated carbocycles. The van der Waals surface area contributed by atoms with Gasteiger partial charge in [0.25, 0.3) is 5.91 Å². The van der Waals surface area contributed by atoms with Crippen molar-refractivity contribution in [1.29, 1.82) is 0 Å². The van der Waals surface area contributed by atoms with Crippen LogP contribution in [0.25, 0.3) is 0 Å². The molecule has 128 valence electrons. The van der Waals surface area contributed by atoms with Gasteiger partial charge in [-0.1, -0.05) is 24.3 Å². The van der Waals surface area contributed by atoms with Gasteiger partial charge in [0.05, 0.1) is 10.8 Å². The van der Waals surface area contributed by atoms with E-state index in [4.69, 9.17) is 0 Å². The zero-order valence-electron chi connectivity index (χ0n) is 13.5. The summed E-state index contributed by atoms with van der Waals surface area (Å²) in [5.74, 6) is -0.247. The number of rotatable bonds is 5. The average Bonchev–Trinajstić information content (AvgIpc) is 3.27. The predicted octanol–water partition coefficient (Wildman–Crippen LogP) is 3.04. The highest BCUT2D eigenvalue weighted by Crippen LogP contribution is 2.23. The van der Waals surface area contributed by atoms with Crippen molar-refractivity contribution in [2.24, 2.45) is 5.92 Å². The Morgan fingerprint density at radius 1 is 1.42 bits per heavy atom. The number of aryl methyl sites for hydroxylation is 1. The zero-order chi connectivity index (χ0) is 16.9. The molecule has 2 aromatic rings. The van der Waals surface area contributed by atoms with Gasteiger partial charge in [0.15, 0.2) is 0 Å². The van der Waals surface area contributed by atoms with Crippen LogP contribution in [0.5, 0.6) is 0 Å². The molecule has 1 fully saturated rings. The normalized spacial score (nSPS) is 17.7. The molecule has 3 rings (SSSR count). The van der Waals surface area contributed by atoms with Gasteiger partial charge in [0.1, 0.15) is 5.01 Å². The number of hydrogen-bond donors (Lipinski definition) is 1. The topological polar surface area (TPSA) is 75.2 Å². The lowest BCUT2D eigenvalue weighted by Gasteiger charge is -2.31. The summed E-state index contributed by atoms with van der Waals surface area (Å²) in [6.07, 6.45) is 3.51. The molecular weight excluding hydrogens is 344 g/mol. The lowest BCUT2D eigenvalue weighted by atomic mass is 9.97. The number of hydrogen-bond acceptors (Lipinski definition) is 6. The quantitative estimate of drug-likeness (QED) is 0.885. The first kappa shape index (κ1) is 17.0. The fraction of sp³-hybridized carbons (Fsp3) is 0.500. The number of nitrogens with one attached hydrogen (secondary N) is 1. The van der Waals surface area contributed by atoms with Crippen LogP contribution in [-0.2, 0) is 11.2 Å². The molecule has 2 amide bonds. The number of aromatic nitrogens is 2. The number of thiophene rings is 1. The summed E-state index contributed by atoms with van der Waals surface area (Å²) in [6.45, 7) is 3.25. The summed E-state index contributed by atoms with van der Waals surface area (Å²) in [4.78, 5) is 27.4. The number of carbonyl (C=O) groups excluding carboxylic acids is 2. The van der Waals surface area contributed by atoms with Gasteiger partial charge in [-0.15, -0.1) is 21.5 Å². The van der Waals surface area contributed by atoms with Crippen LogP contribution in [0.15, 0.2) is 17.5 Å². The molecule has 1 aliphatic rings. The van der Waals surface area contributed by atoms with Crippen molar-refractivity contribution in [3.63, 3.8) is 0 Å². The van der Waals surface area contributed by atoms with Crippen molar-refractivity contribution in [3.05, 3.63) is 27.4 Å². The van der Waals surface area contributed by atoms with Gasteiger partial charge < -0.3 is 10.2 Å². The van der Waals surface area contributed by atoms with Crippen molar-refractivity contribution in [1.82, 2.24) is 15.1 Å². The molecule has 24 heavy (non-hydrogen) atoms. The predicted molar refractivity (Wildman–Crippen MR) is 95.5 cm³/mol. The molecule has 2 aromatic heterocycles. The van der Waals surface area contributed by atoms with E-state index in [1.54, 1.807) is 4.90 Å². The Kier molecular flexibility index (Phi) is 5.57. The van der Waals surface area contributed by atoms with Crippen LogP contribution in [0.2, 0.25) is 0 Å². The lowest BCUT2D eigenvalue weighted by Crippen LogP contribution is -2.43. The molecule has 0 aromatic carbocycles. The van der Waals surface area contributed by atoms with Crippen molar-refractivity contribution < 1.29 is 9.59 Å². The van der Waals surface area contributed by atoms with Crippen LogP contribution >= 0.6 is 22.7 Å². The fourth-order valence-electron chi connectivity index (χ4n) is 2.76. The number of likely N-dealkylation sites (tertiary alicyclic amines) is 1. The van der Waals surface area contributed by atoms with Gasteiger partial charge in [0.2, 0.25) is 11.0 Å². The van der Waals surface area contributed by atoms with Crippen LogP contribution in [0.1, 0.15) is 40.9 Å². The Balaban J connectivity index is 1.59. The van der Waals surface area contributed by atoms with Crippen LogP contribution in [0.3, 0.4) is 0 Å². The maximum absolute atomic E-state index is 12.5. The second-order valence-electron chi connectivity index (χ2n) is 5.81. The monoisotopic (exact) mass is 364 g/mol. The molecular formula is C16H20N4O2S2. The first-order valence-electron chi connectivity index (χ1n) is 8.13. The van der Waals surface area contributed by atoms with Crippen LogP contribution in [0.4, 0.5) is 5.13 Å². The highest BCUT2D eigenvalue weighted by atomic mass is 32.1. The summed E-state index contributed by atoms with van der Waals surface area (Å²) < 4.78 is 0. The Morgan fingerprint density at radius 3 is 3.04 bits per heavy atom. The van der Waals surface area contributed by atoms with E-state index in [1.165, 1.54) is 22.7 Å². The number of piperidine rings is 1. The molecule has 1 atom stereocenters. The van der Waals surface area contributed by atoms with Crippen LogP contribution in [0, 0.1) is 5.92 Å². The zero-order valence-corrected chi connectivity index (χ0v) is 15.2. The van der Waals surface area contributed by atoms with E-state index >= 15 is 0 Å². The van der Waals surface area contributed by atoms with Gasteiger partial charge in [-0.25, -0.2) is 0 Å². The third kappa shape index (κ3) is 3.99. The maximum atomic E-state index is 12.5. The minimum Gasteiger partial charge on any atom is -0.337 e. The summed E-state index contributed by atoms with van der Waals surface area (Å²) in [5, 5.41) is 14.3. The van der Waals surface area contributed by atoms with E-state index < -0.39 is 0 Å². The minimum atomic E-state index is -0.193. The van der Waals surface area contributed by atoms with E-state index in [0.717, 1.165) is 35.6 Å². The summed E-state index contributed by atoms with van der Waals surface area (Å²) in [5.41, 5.74) is 0. The van der Waals surface area contributed by atoms with E-state index in [2.05, 4.69) is 22.4 Å². The summed E-state index contributed by atoms with van der Waals surface area (Å²) >= 11 is 2.86. The van der Waals surface area contributed by atoms with Gasteiger partial charge in [-0.05, 0) is 30.7 Å². The number of carbonyl (C=O) groups is 2. The molecule has 1 unspecified atom stereocenters. The first-order chi connectivity index (χ1) is 11.7. The second-order valence-corrected chi connectivity index (χ2v) is 7.82. The van der Waals surface area contributed by atoms with Crippen LogP contribution < -0.4 is 5.32 Å². The lowest BCUT2D eigenvalue weighted by molar-refractivity contribution is -0.121. The smallest absolute Gasteiger partial charge is 0.263 e. The van der Waals surface area contributed by atoms with Crippen molar-refractivity contribution >= 4 is 39.6 Å².